The van der Waals surface area contributed by atoms with Crippen LogP contribution in [0.25, 0.3) is 0 Å². The van der Waals surface area contributed by atoms with Gasteiger partial charge < -0.3 is 9.84 Å². The van der Waals surface area contributed by atoms with Crippen LogP contribution in [0.15, 0.2) is 36.4 Å². The molecule has 0 atom stereocenters. The lowest BCUT2D eigenvalue weighted by Crippen LogP contribution is -1.93. The van der Waals surface area contributed by atoms with Crippen LogP contribution in [0.3, 0.4) is 0 Å². The van der Waals surface area contributed by atoms with Crippen molar-refractivity contribution in [3.63, 3.8) is 0 Å². The van der Waals surface area contributed by atoms with Crippen LogP contribution in [0.2, 0.25) is 0 Å². The van der Waals surface area contributed by atoms with Gasteiger partial charge in [0.25, 0.3) is 0 Å². The fourth-order valence-corrected chi connectivity index (χ4v) is 2.45. The van der Waals surface area contributed by atoms with Crippen molar-refractivity contribution in [2.45, 2.75) is 26.6 Å². The van der Waals surface area contributed by atoms with Crippen molar-refractivity contribution in [1.29, 1.82) is 0 Å². The van der Waals surface area contributed by atoms with Gasteiger partial charge in [0.2, 0.25) is 0 Å². The van der Waals surface area contributed by atoms with Gasteiger partial charge in [-0.25, -0.2) is 0 Å². The lowest BCUT2D eigenvalue weighted by Gasteiger charge is -2.05. The lowest BCUT2D eigenvalue weighted by atomic mass is 10.2. The number of aliphatic hydroxyl groups is 1. The monoisotopic (exact) mass is 248 g/mol. The van der Waals surface area contributed by atoms with Gasteiger partial charge in [-0.3, -0.25) is 0 Å². The number of benzene rings is 1. The molecule has 90 valence electrons. The van der Waals surface area contributed by atoms with Gasteiger partial charge >= 0.3 is 0 Å². The standard InChI is InChI=1S/C14H16O2S/c1-2-13-6-7-14(17-13)10-16-12-5-3-4-11(8-12)9-15/h3-8,15H,2,9-10H2,1H3. The maximum Gasteiger partial charge on any atom is 0.122 e. The summed E-state index contributed by atoms with van der Waals surface area (Å²) in [7, 11) is 0. The minimum absolute atomic E-state index is 0.0518. The third kappa shape index (κ3) is 3.32. The predicted molar refractivity (Wildman–Crippen MR) is 70.4 cm³/mol. The predicted octanol–water partition coefficient (Wildman–Crippen LogP) is 3.38. The Morgan fingerprint density at radius 1 is 1.18 bits per heavy atom. The molecule has 2 rings (SSSR count). The third-order valence-corrected chi connectivity index (χ3v) is 3.73. The molecule has 17 heavy (non-hydrogen) atoms. The summed E-state index contributed by atoms with van der Waals surface area (Å²) in [5, 5.41) is 9.03. The number of aliphatic hydroxyl groups excluding tert-OH is 1. The molecule has 0 saturated carbocycles. The molecule has 0 aliphatic rings. The molecule has 0 aliphatic heterocycles. The van der Waals surface area contributed by atoms with E-state index in [2.05, 4.69) is 19.1 Å². The topological polar surface area (TPSA) is 29.5 Å². The molecular formula is C14H16O2S. The second-order valence-electron chi connectivity index (χ2n) is 3.82. The highest BCUT2D eigenvalue weighted by molar-refractivity contribution is 7.11. The second kappa shape index (κ2) is 5.84. The number of hydrogen-bond donors (Lipinski definition) is 1. The van der Waals surface area contributed by atoms with E-state index in [1.807, 2.05) is 24.3 Å². The van der Waals surface area contributed by atoms with Crippen molar-refractivity contribution in [3.8, 4) is 5.75 Å². The van der Waals surface area contributed by atoms with Gasteiger partial charge in [0.05, 0.1) is 6.61 Å². The summed E-state index contributed by atoms with van der Waals surface area (Å²) < 4.78 is 5.69. The molecule has 0 unspecified atom stereocenters. The van der Waals surface area contributed by atoms with Crippen molar-refractivity contribution >= 4 is 11.3 Å². The summed E-state index contributed by atoms with van der Waals surface area (Å²) in [6, 6.07) is 11.8. The van der Waals surface area contributed by atoms with Gasteiger partial charge in [-0.15, -0.1) is 11.3 Å². The first-order valence-corrected chi connectivity index (χ1v) is 6.53. The molecule has 0 aliphatic carbocycles. The molecule has 0 bridgehead atoms. The number of ether oxygens (including phenoxy) is 1. The quantitative estimate of drug-likeness (QED) is 0.879. The van der Waals surface area contributed by atoms with E-state index in [0.717, 1.165) is 17.7 Å². The first kappa shape index (κ1) is 12.1. The number of thiophene rings is 1. The highest BCUT2D eigenvalue weighted by atomic mass is 32.1. The Morgan fingerprint density at radius 2 is 2.00 bits per heavy atom. The highest BCUT2D eigenvalue weighted by Crippen LogP contribution is 2.20. The van der Waals surface area contributed by atoms with Crippen LogP contribution < -0.4 is 4.74 Å². The molecule has 1 aromatic carbocycles. The zero-order valence-corrected chi connectivity index (χ0v) is 10.7. The van der Waals surface area contributed by atoms with Crippen molar-refractivity contribution in [1.82, 2.24) is 0 Å². The summed E-state index contributed by atoms with van der Waals surface area (Å²) in [5.74, 6) is 0.808. The molecule has 0 fully saturated rings. The molecule has 2 nitrogen and oxygen atoms in total. The van der Waals surface area contributed by atoms with E-state index in [0.29, 0.717) is 6.61 Å². The van der Waals surface area contributed by atoms with Crippen LogP contribution in [0.5, 0.6) is 5.75 Å². The van der Waals surface area contributed by atoms with E-state index >= 15 is 0 Å². The SMILES string of the molecule is CCc1ccc(COc2cccc(CO)c2)s1. The Bertz CT molecular complexity index is 477. The molecule has 2 aromatic rings. The van der Waals surface area contributed by atoms with Gasteiger partial charge in [0, 0.05) is 9.75 Å². The Hall–Kier alpha value is -1.32. The molecule has 1 N–H and O–H groups in total. The smallest absolute Gasteiger partial charge is 0.122 e. The van der Waals surface area contributed by atoms with Crippen LogP contribution in [-0.4, -0.2) is 5.11 Å². The second-order valence-corrected chi connectivity index (χ2v) is 5.07. The van der Waals surface area contributed by atoms with Gasteiger partial charge in [-0.05, 0) is 36.2 Å². The summed E-state index contributed by atoms with van der Waals surface area (Å²) >= 11 is 1.79. The molecule has 1 heterocycles. The van der Waals surface area contributed by atoms with Gasteiger partial charge in [-0.2, -0.15) is 0 Å². The molecular weight excluding hydrogens is 232 g/mol. The van der Waals surface area contributed by atoms with Crippen molar-refractivity contribution in [2.75, 3.05) is 0 Å². The first-order valence-electron chi connectivity index (χ1n) is 5.72. The van der Waals surface area contributed by atoms with E-state index in [9.17, 15) is 0 Å². The maximum atomic E-state index is 9.03. The molecule has 0 radical (unpaired) electrons. The van der Waals surface area contributed by atoms with Gasteiger partial charge in [-0.1, -0.05) is 19.1 Å². The first-order chi connectivity index (χ1) is 8.31. The van der Waals surface area contributed by atoms with Crippen LogP contribution in [0, 0.1) is 0 Å². The Balaban J connectivity index is 1.96. The fraction of sp³-hybridized carbons (Fsp3) is 0.286. The summed E-state index contributed by atoms with van der Waals surface area (Å²) in [5.41, 5.74) is 0.878. The fourth-order valence-electron chi connectivity index (χ4n) is 1.58. The van der Waals surface area contributed by atoms with Gasteiger partial charge in [0.1, 0.15) is 12.4 Å². The van der Waals surface area contributed by atoms with Gasteiger partial charge in [0.15, 0.2) is 0 Å². The van der Waals surface area contributed by atoms with E-state index in [1.165, 1.54) is 9.75 Å². The van der Waals surface area contributed by atoms with E-state index in [4.69, 9.17) is 9.84 Å². The normalized spacial score (nSPS) is 10.5. The molecule has 3 heteroatoms. The van der Waals surface area contributed by atoms with Crippen LogP contribution >= 0.6 is 11.3 Å². The van der Waals surface area contributed by atoms with Crippen molar-refractivity contribution < 1.29 is 9.84 Å². The molecule has 0 amide bonds. The summed E-state index contributed by atoms with van der Waals surface area (Å²) in [6.07, 6.45) is 1.07. The molecule has 1 aromatic heterocycles. The highest BCUT2D eigenvalue weighted by Gasteiger charge is 2.00. The number of hydrogen-bond acceptors (Lipinski definition) is 3. The minimum atomic E-state index is 0.0518. The maximum absolute atomic E-state index is 9.03. The Labute approximate surface area is 105 Å². The third-order valence-electron chi connectivity index (χ3n) is 2.53. The largest absolute Gasteiger partial charge is 0.488 e. The van der Waals surface area contributed by atoms with E-state index < -0.39 is 0 Å². The van der Waals surface area contributed by atoms with Crippen LogP contribution in [0.1, 0.15) is 22.2 Å². The average molecular weight is 248 g/mol. The number of aryl methyl sites for hydroxylation is 1. The summed E-state index contributed by atoms with van der Waals surface area (Å²) in [4.78, 5) is 2.61. The minimum Gasteiger partial charge on any atom is -0.488 e. The summed E-state index contributed by atoms with van der Waals surface area (Å²) in [6.45, 7) is 2.80. The number of rotatable bonds is 5. The Morgan fingerprint density at radius 3 is 2.71 bits per heavy atom. The zero-order valence-electron chi connectivity index (χ0n) is 9.85. The zero-order chi connectivity index (χ0) is 12.1. The Kier molecular flexibility index (Phi) is 4.18. The van der Waals surface area contributed by atoms with Crippen molar-refractivity contribution in [3.05, 3.63) is 51.7 Å². The lowest BCUT2D eigenvalue weighted by molar-refractivity contribution is 0.278. The molecule has 0 spiro atoms. The van der Waals surface area contributed by atoms with Crippen LogP contribution in [-0.2, 0) is 19.6 Å². The van der Waals surface area contributed by atoms with Crippen LogP contribution in [0.4, 0.5) is 0 Å². The molecule has 0 saturated heterocycles. The average Bonchev–Trinajstić information content (AvgIpc) is 2.84. The van der Waals surface area contributed by atoms with E-state index in [-0.39, 0.29) is 6.61 Å². The van der Waals surface area contributed by atoms with E-state index in [1.54, 1.807) is 11.3 Å². The van der Waals surface area contributed by atoms with Crippen molar-refractivity contribution in [2.24, 2.45) is 0 Å².